The van der Waals surface area contributed by atoms with Crippen LogP contribution in [-0.2, 0) is 7.05 Å². The number of hydrogen-bond donors (Lipinski definition) is 0. The van der Waals surface area contributed by atoms with Gasteiger partial charge in [-0.15, -0.1) is 0 Å². The minimum atomic E-state index is 0.500. The minimum Gasteiger partial charge on any atom is -0.356 e. The van der Waals surface area contributed by atoms with Gasteiger partial charge in [-0.05, 0) is 32.8 Å². The number of aromatic nitrogens is 4. The molecule has 2 aromatic rings. The number of aryl methyl sites for hydroxylation is 3. The van der Waals surface area contributed by atoms with Crippen molar-refractivity contribution in [2.75, 3.05) is 18.0 Å². The molecule has 0 bridgehead atoms. The zero-order valence-electron chi connectivity index (χ0n) is 12.4. The summed E-state index contributed by atoms with van der Waals surface area (Å²) < 4.78 is 1.88. The zero-order chi connectivity index (χ0) is 14.1. The van der Waals surface area contributed by atoms with Crippen LogP contribution in [0, 0.1) is 13.8 Å². The molecule has 0 saturated carbocycles. The predicted molar refractivity (Wildman–Crippen MR) is 78.9 cm³/mol. The Hall–Kier alpha value is -1.91. The molecule has 0 aliphatic carbocycles. The summed E-state index contributed by atoms with van der Waals surface area (Å²) in [5, 5.41) is 4.55. The average molecular weight is 271 g/mol. The van der Waals surface area contributed by atoms with Crippen molar-refractivity contribution in [1.29, 1.82) is 0 Å². The summed E-state index contributed by atoms with van der Waals surface area (Å²) in [5.41, 5.74) is 2.23. The highest BCUT2D eigenvalue weighted by molar-refractivity contribution is 5.41. The molecule has 5 nitrogen and oxygen atoms in total. The molecule has 0 aromatic carbocycles. The fourth-order valence-electron chi connectivity index (χ4n) is 2.94. The lowest BCUT2D eigenvalue weighted by atomic mass is 9.95. The Morgan fingerprint density at radius 3 is 2.80 bits per heavy atom. The molecule has 0 spiro atoms. The Kier molecular flexibility index (Phi) is 3.42. The van der Waals surface area contributed by atoms with E-state index in [4.69, 9.17) is 0 Å². The van der Waals surface area contributed by atoms with Crippen LogP contribution >= 0.6 is 0 Å². The lowest BCUT2D eigenvalue weighted by molar-refractivity contribution is 0.493. The summed E-state index contributed by atoms with van der Waals surface area (Å²) >= 11 is 0. The first-order valence-corrected chi connectivity index (χ1v) is 7.18. The Balaban J connectivity index is 1.81. The highest BCUT2D eigenvalue weighted by atomic mass is 15.3. The van der Waals surface area contributed by atoms with Crippen molar-refractivity contribution in [2.45, 2.75) is 32.6 Å². The highest BCUT2D eigenvalue weighted by Gasteiger charge is 2.24. The standard InChI is InChI=1S/C15H21N5/c1-11-9-15(17-12(2)16-11)20-7-4-5-13(10-20)14-6-8-19(3)18-14/h6,8-9,13H,4-5,7,10H2,1-3H3/t13-/m1/s1. The number of rotatable bonds is 2. The smallest absolute Gasteiger partial charge is 0.132 e. The number of piperidine rings is 1. The molecule has 0 amide bonds. The van der Waals surface area contributed by atoms with Gasteiger partial charge in [0.2, 0.25) is 0 Å². The highest BCUT2D eigenvalue weighted by Crippen LogP contribution is 2.28. The first kappa shape index (κ1) is 13.1. The van der Waals surface area contributed by atoms with Crippen molar-refractivity contribution in [3.05, 3.63) is 35.5 Å². The van der Waals surface area contributed by atoms with E-state index in [2.05, 4.69) is 32.1 Å². The molecule has 0 unspecified atom stereocenters. The number of anilines is 1. The van der Waals surface area contributed by atoms with Gasteiger partial charge in [0.25, 0.3) is 0 Å². The lowest BCUT2D eigenvalue weighted by Crippen LogP contribution is -2.35. The second-order valence-electron chi connectivity index (χ2n) is 5.61. The molecular formula is C15H21N5. The normalized spacial score (nSPS) is 19.4. The van der Waals surface area contributed by atoms with Crippen LogP contribution in [0.4, 0.5) is 5.82 Å². The van der Waals surface area contributed by atoms with E-state index < -0.39 is 0 Å². The van der Waals surface area contributed by atoms with E-state index in [0.717, 1.165) is 30.4 Å². The van der Waals surface area contributed by atoms with Crippen molar-refractivity contribution in [3.63, 3.8) is 0 Å². The van der Waals surface area contributed by atoms with Gasteiger partial charge in [-0.2, -0.15) is 5.10 Å². The van der Waals surface area contributed by atoms with Crippen molar-refractivity contribution < 1.29 is 0 Å². The third kappa shape index (κ3) is 2.66. The maximum Gasteiger partial charge on any atom is 0.132 e. The first-order valence-electron chi connectivity index (χ1n) is 7.18. The van der Waals surface area contributed by atoms with Gasteiger partial charge in [0.05, 0.1) is 5.69 Å². The molecule has 2 aromatic heterocycles. The molecule has 1 aliphatic heterocycles. The maximum absolute atomic E-state index is 4.58. The van der Waals surface area contributed by atoms with E-state index in [0.29, 0.717) is 5.92 Å². The topological polar surface area (TPSA) is 46.8 Å². The molecule has 0 N–H and O–H groups in total. The molecular weight excluding hydrogens is 250 g/mol. The summed E-state index contributed by atoms with van der Waals surface area (Å²) in [5.74, 6) is 2.40. The van der Waals surface area contributed by atoms with Gasteiger partial charge in [0.15, 0.2) is 0 Å². The Bertz CT molecular complexity index is 584. The molecule has 1 aliphatic rings. The lowest BCUT2D eigenvalue weighted by Gasteiger charge is -2.33. The van der Waals surface area contributed by atoms with Crippen LogP contribution in [0.2, 0.25) is 0 Å². The van der Waals surface area contributed by atoms with Crippen molar-refractivity contribution in [2.24, 2.45) is 7.05 Å². The molecule has 1 saturated heterocycles. The van der Waals surface area contributed by atoms with Crippen molar-refractivity contribution in [3.8, 4) is 0 Å². The summed E-state index contributed by atoms with van der Waals surface area (Å²) in [6.45, 7) is 6.04. The average Bonchev–Trinajstić information content (AvgIpc) is 2.85. The van der Waals surface area contributed by atoms with Gasteiger partial charge in [0, 0.05) is 44.0 Å². The zero-order valence-corrected chi connectivity index (χ0v) is 12.4. The molecule has 3 rings (SSSR count). The largest absolute Gasteiger partial charge is 0.356 e. The molecule has 20 heavy (non-hydrogen) atoms. The summed E-state index contributed by atoms with van der Waals surface area (Å²) in [7, 11) is 1.97. The van der Waals surface area contributed by atoms with Crippen LogP contribution in [-0.4, -0.2) is 32.8 Å². The van der Waals surface area contributed by atoms with Gasteiger partial charge in [-0.1, -0.05) is 0 Å². The molecule has 1 atom stereocenters. The van der Waals surface area contributed by atoms with Crippen LogP contribution in [0.15, 0.2) is 18.3 Å². The second-order valence-corrected chi connectivity index (χ2v) is 5.61. The summed E-state index contributed by atoms with van der Waals surface area (Å²) in [6, 6.07) is 4.21. The molecule has 5 heteroatoms. The minimum absolute atomic E-state index is 0.500. The van der Waals surface area contributed by atoms with Crippen molar-refractivity contribution >= 4 is 5.82 Å². The van der Waals surface area contributed by atoms with Crippen LogP contribution in [0.25, 0.3) is 0 Å². The van der Waals surface area contributed by atoms with Crippen LogP contribution in [0.3, 0.4) is 0 Å². The monoisotopic (exact) mass is 271 g/mol. The number of nitrogens with zero attached hydrogens (tertiary/aromatic N) is 5. The van der Waals surface area contributed by atoms with E-state index in [1.165, 1.54) is 18.5 Å². The van der Waals surface area contributed by atoms with Crippen LogP contribution in [0.1, 0.15) is 36.0 Å². The second kappa shape index (κ2) is 5.23. The fourth-order valence-corrected chi connectivity index (χ4v) is 2.94. The summed E-state index contributed by atoms with van der Waals surface area (Å²) in [4.78, 5) is 11.3. The van der Waals surface area contributed by atoms with Crippen LogP contribution < -0.4 is 4.90 Å². The van der Waals surface area contributed by atoms with E-state index in [1.807, 2.05) is 31.8 Å². The van der Waals surface area contributed by atoms with Gasteiger partial charge in [0.1, 0.15) is 11.6 Å². The third-order valence-corrected chi connectivity index (χ3v) is 3.85. The predicted octanol–water partition coefficient (Wildman–Crippen LogP) is 2.21. The van der Waals surface area contributed by atoms with Gasteiger partial charge in [-0.25, -0.2) is 9.97 Å². The van der Waals surface area contributed by atoms with Crippen molar-refractivity contribution in [1.82, 2.24) is 19.7 Å². The van der Waals surface area contributed by atoms with E-state index in [-0.39, 0.29) is 0 Å². The van der Waals surface area contributed by atoms with E-state index in [9.17, 15) is 0 Å². The quantitative estimate of drug-likeness (QED) is 0.840. The molecule has 1 fully saturated rings. The third-order valence-electron chi connectivity index (χ3n) is 3.85. The summed E-state index contributed by atoms with van der Waals surface area (Å²) in [6.07, 6.45) is 4.41. The Morgan fingerprint density at radius 2 is 2.10 bits per heavy atom. The molecule has 106 valence electrons. The molecule has 0 radical (unpaired) electrons. The van der Waals surface area contributed by atoms with Gasteiger partial charge in [-0.3, -0.25) is 4.68 Å². The fraction of sp³-hybridized carbons (Fsp3) is 0.533. The van der Waals surface area contributed by atoms with Crippen LogP contribution in [0.5, 0.6) is 0 Å². The molecule has 3 heterocycles. The van der Waals surface area contributed by atoms with Gasteiger partial charge < -0.3 is 4.90 Å². The van der Waals surface area contributed by atoms with E-state index in [1.54, 1.807) is 0 Å². The number of hydrogen-bond acceptors (Lipinski definition) is 4. The SMILES string of the molecule is Cc1cc(N2CCC[C@@H](c3ccn(C)n3)C2)nc(C)n1. The van der Waals surface area contributed by atoms with Gasteiger partial charge >= 0.3 is 0 Å². The van der Waals surface area contributed by atoms with E-state index >= 15 is 0 Å². The maximum atomic E-state index is 4.58. The first-order chi connectivity index (χ1) is 9.61. The Labute approximate surface area is 119 Å². The Morgan fingerprint density at radius 1 is 1.25 bits per heavy atom.